The molecule has 0 saturated carbocycles. The summed E-state index contributed by atoms with van der Waals surface area (Å²) >= 11 is 5.98. The van der Waals surface area contributed by atoms with E-state index in [1.165, 1.54) is 0 Å². The van der Waals surface area contributed by atoms with Crippen molar-refractivity contribution in [2.24, 2.45) is 5.92 Å². The number of piperidine rings is 1. The zero-order valence-electron chi connectivity index (χ0n) is 13.8. The summed E-state index contributed by atoms with van der Waals surface area (Å²) in [5.74, 6) is 0.319. The summed E-state index contributed by atoms with van der Waals surface area (Å²) in [6.45, 7) is 4.39. The standard InChI is InChI=1S/C18H24ClN3O2/c19-16-6-1-4-14(12-16)17(23)21-8-3-9-22(11-10-21)18(24)15-5-2-7-20-13-15/h1,4,6,12,15,20H,2-3,5,7-11,13H2. The lowest BCUT2D eigenvalue weighted by molar-refractivity contribution is -0.135. The summed E-state index contributed by atoms with van der Waals surface area (Å²) in [7, 11) is 0. The van der Waals surface area contributed by atoms with E-state index in [0.717, 1.165) is 38.9 Å². The van der Waals surface area contributed by atoms with Crippen molar-refractivity contribution in [1.82, 2.24) is 15.1 Å². The van der Waals surface area contributed by atoms with E-state index in [0.29, 0.717) is 30.2 Å². The first-order valence-corrected chi connectivity index (χ1v) is 9.07. The third-order valence-corrected chi connectivity index (χ3v) is 5.05. The number of hydrogen-bond donors (Lipinski definition) is 1. The molecule has 0 bridgehead atoms. The number of nitrogens with one attached hydrogen (secondary N) is 1. The molecule has 1 unspecified atom stereocenters. The van der Waals surface area contributed by atoms with Gasteiger partial charge in [-0.1, -0.05) is 17.7 Å². The predicted octanol–water partition coefficient (Wildman–Crippen LogP) is 2.01. The van der Waals surface area contributed by atoms with Crippen molar-refractivity contribution in [3.8, 4) is 0 Å². The van der Waals surface area contributed by atoms with E-state index < -0.39 is 0 Å². The lowest BCUT2D eigenvalue weighted by atomic mass is 9.98. The van der Waals surface area contributed by atoms with Crippen LogP contribution in [-0.4, -0.2) is 60.9 Å². The summed E-state index contributed by atoms with van der Waals surface area (Å²) in [5, 5.41) is 3.87. The zero-order chi connectivity index (χ0) is 16.9. The molecule has 5 nitrogen and oxygen atoms in total. The number of carbonyl (C=O) groups is 2. The summed E-state index contributed by atoms with van der Waals surface area (Å²) in [5.41, 5.74) is 0.610. The van der Waals surface area contributed by atoms with E-state index in [2.05, 4.69) is 5.32 Å². The highest BCUT2D eigenvalue weighted by Crippen LogP contribution is 2.17. The number of halogens is 1. The molecule has 3 rings (SSSR count). The first kappa shape index (κ1) is 17.2. The van der Waals surface area contributed by atoms with E-state index in [9.17, 15) is 9.59 Å². The quantitative estimate of drug-likeness (QED) is 0.888. The highest BCUT2D eigenvalue weighted by molar-refractivity contribution is 6.30. The summed E-state index contributed by atoms with van der Waals surface area (Å²) in [6, 6.07) is 7.04. The van der Waals surface area contributed by atoms with Crippen LogP contribution in [0.3, 0.4) is 0 Å². The predicted molar refractivity (Wildman–Crippen MR) is 94.1 cm³/mol. The number of carbonyl (C=O) groups excluding carboxylic acids is 2. The van der Waals surface area contributed by atoms with E-state index >= 15 is 0 Å². The second kappa shape index (κ2) is 7.99. The molecule has 1 N–H and O–H groups in total. The van der Waals surface area contributed by atoms with Crippen LogP contribution in [0.1, 0.15) is 29.6 Å². The van der Waals surface area contributed by atoms with E-state index in [1.54, 1.807) is 24.3 Å². The maximum absolute atomic E-state index is 12.7. The lowest BCUT2D eigenvalue weighted by Crippen LogP contribution is -2.44. The molecule has 1 aromatic carbocycles. The second-order valence-corrected chi connectivity index (χ2v) is 6.96. The molecule has 2 saturated heterocycles. The molecule has 2 amide bonds. The van der Waals surface area contributed by atoms with Crippen LogP contribution in [0.5, 0.6) is 0 Å². The van der Waals surface area contributed by atoms with Crippen molar-refractivity contribution in [1.29, 1.82) is 0 Å². The number of amides is 2. The van der Waals surface area contributed by atoms with E-state index in [-0.39, 0.29) is 17.7 Å². The van der Waals surface area contributed by atoms with Crippen molar-refractivity contribution in [3.63, 3.8) is 0 Å². The molecule has 6 heteroatoms. The molecule has 0 spiro atoms. The van der Waals surface area contributed by atoms with Crippen LogP contribution in [0.15, 0.2) is 24.3 Å². The van der Waals surface area contributed by atoms with E-state index in [4.69, 9.17) is 11.6 Å². The Morgan fingerprint density at radius 1 is 1.08 bits per heavy atom. The first-order chi connectivity index (χ1) is 11.6. The highest BCUT2D eigenvalue weighted by Gasteiger charge is 2.28. The Kier molecular flexibility index (Phi) is 5.74. The van der Waals surface area contributed by atoms with Gasteiger partial charge in [-0.3, -0.25) is 9.59 Å². The largest absolute Gasteiger partial charge is 0.341 e. The van der Waals surface area contributed by atoms with Gasteiger partial charge >= 0.3 is 0 Å². The van der Waals surface area contributed by atoms with Crippen LogP contribution in [0.4, 0.5) is 0 Å². The van der Waals surface area contributed by atoms with Gasteiger partial charge in [0.2, 0.25) is 5.91 Å². The molecular weight excluding hydrogens is 326 g/mol. The number of nitrogens with zero attached hydrogens (tertiary/aromatic N) is 2. The molecule has 1 atom stereocenters. The fourth-order valence-corrected chi connectivity index (χ4v) is 3.66. The van der Waals surface area contributed by atoms with E-state index in [1.807, 2.05) is 9.80 Å². The molecule has 0 radical (unpaired) electrons. The molecule has 1 aromatic rings. The van der Waals surface area contributed by atoms with Crippen LogP contribution in [0.2, 0.25) is 5.02 Å². The number of rotatable bonds is 2. The molecule has 24 heavy (non-hydrogen) atoms. The molecule has 0 aromatic heterocycles. The van der Waals surface area contributed by atoms with Crippen LogP contribution in [0, 0.1) is 5.92 Å². The van der Waals surface area contributed by atoms with Crippen molar-refractivity contribution < 1.29 is 9.59 Å². The summed E-state index contributed by atoms with van der Waals surface area (Å²) in [6.07, 6.45) is 2.84. The van der Waals surface area contributed by atoms with Gasteiger partial charge in [0.05, 0.1) is 5.92 Å². The second-order valence-electron chi connectivity index (χ2n) is 6.52. The maximum Gasteiger partial charge on any atom is 0.253 e. The Balaban J connectivity index is 1.60. The monoisotopic (exact) mass is 349 g/mol. The molecule has 2 aliphatic heterocycles. The SMILES string of the molecule is O=C(c1cccc(Cl)c1)N1CCCN(C(=O)C2CCCNC2)CC1. The van der Waals surface area contributed by atoms with Crippen molar-refractivity contribution in [2.45, 2.75) is 19.3 Å². The fraction of sp³-hybridized carbons (Fsp3) is 0.556. The minimum atomic E-state index is -0.00821. The van der Waals surface area contributed by atoms with Gasteiger partial charge in [-0.15, -0.1) is 0 Å². The maximum atomic E-state index is 12.7. The average molecular weight is 350 g/mol. The van der Waals surface area contributed by atoms with Gasteiger partial charge in [0.15, 0.2) is 0 Å². The number of hydrogen-bond acceptors (Lipinski definition) is 3. The first-order valence-electron chi connectivity index (χ1n) is 8.69. The van der Waals surface area contributed by atoms with Crippen LogP contribution < -0.4 is 5.32 Å². The van der Waals surface area contributed by atoms with Crippen LogP contribution in [-0.2, 0) is 4.79 Å². The normalized spacial score (nSPS) is 22.1. The Hall–Kier alpha value is -1.59. The average Bonchev–Trinajstić information content (AvgIpc) is 2.87. The minimum Gasteiger partial charge on any atom is -0.341 e. The van der Waals surface area contributed by atoms with Crippen LogP contribution in [0.25, 0.3) is 0 Å². The smallest absolute Gasteiger partial charge is 0.253 e. The molecule has 0 aliphatic carbocycles. The minimum absolute atomic E-state index is 0.00821. The van der Waals surface area contributed by atoms with Gasteiger partial charge in [-0.05, 0) is 44.0 Å². The fourth-order valence-electron chi connectivity index (χ4n) is 3.47. The zero-order valence-corrected chi connectivity index (χ0v) is 14.6. The summed E-state index contributed by atoms with van der Waals surface area (Å²) < 4.78 is 0. The third kappa shape index (κ3) is 4.08. The van der Waals surface area contributed by atoms with Gasteiger partial charge in [0.25, 0.3) is 5.91 Å². The molecule has 2 aliphatic rings. The summed E-state index contributed by atoms with van der Waals surface area (Å²) in [4.78, 5) is 29.1. The van der Waals surface area contributed by atoms with Gasteiger partial charge in [-0.2, -0.15) is 0 Å². The Morgan fingerprint density at radius 3 is 2.62 bits per heavy atom. The van der Waals surface area contributed by atoms with Gasteiger partial charge in [-0.25, -0.2) is 0 Å². The lowest BCUT2D eigenvalue weighted by Gasteiger charge is -2.29. The highest BCUT2D eigenvalue weighted by atomic mass is 35.5. The Bertz CT molecular complexity index is 602. The van der Waals surface area contributed by atoms with Gasteiger partial charge < -0.3 is 15.1 Å². The van der Waals surface area contributed by atoms with Gasteiger partial charge in [0, 0.05) is 43.3 Å². The molecule has 2 heterocycles. The van der Waals surface area contributed by atoms with Gasteiger partial charge in [0.1, 0.15) is 0 Å². The third-order valence-electron chi connectivity index (χ3n) is 4.81. The van der Waals surface area contributed by atoms with Crippen molar-refractivity contribution >= 4 is 23.4 Å². The number of benzene rings is 1. The molecular formula is C18H24ClN3O2. The Morgan fingerprint density at radius 2 is 1.88 bits per heavy atom. The topological polar surface area (TPSA) is 52.7 Å². The van der Waals surface area contributed by atoms with Crippen molar-refractivity contribution in [3.05, 3.63) is 34.9 Å². The molecule has 2 fully saturated rings. The van der Waals surface area contributed by atoms with Crippen molar-refractivity contribution in [2.75, 3.05) is 39.3 Å². The van der Waals surface area contributed by atoms with Crippen LogP contribution >= 0.6 is 11.6 Å². The molecule has 130 valence electrons. The Labute approximate surface area is 147 Å².